The van der Waals surface area contributed by atoms with Crippen LogP contribution in [0.5, 0.6) is 5.75 Å². The Morgan fingerprint density at radius 2 is 1.55 bits per heavy atom. The first-order chi connectivity index (χ1) is 14.7. The molecule has 0 saturated heterocycles. The van der Waals surface area contributed by atoms with Gasteiger partial charge in [0.15, 0.2) is 6.10 Å². The van der Waals surface area contributed by atoms with Crippen molar-refractivity contribution in [3.05, 3.63) is 82.3 Å². The molecular weight excluding hydrogens is 480 g/mol. The van der Waals surface area contributed by atoms with E-state index in [2.05, 4.69) is 26.0 Å². The zero-order chi connectivity index (χ0) is 22.6. The van der Waals surface area contributed by atoms with E-state index in [9.17, 15) is 13.2 Å². The van der Waals surface area contributed by atoms with Gasteiger partial charge in [0.05, 0.1) is 4.90 Å². The van der Waals surface area contributed by atoms with Crippen LogP contribution in [-0.4, -0.2) is 20.4 Å². The highest BCUT2D eigenvalue weighted by atomic mass is 79.9. The molecular formula is C23H23BrN2O4S. The van der Waals surface area contributed by atoms with Crippen LogP contribution in [0.3, 0.4) is 0 Å². The third-order valence-corrected chi connectivity index (χ3v) is 6.68. The van der Waals surface area contributed by atoms with E-state index in [1.54, 1.807) is 43.3 Å². The Bertz CT molecular complexity index is 1180. The third-order valence-electron chi connectivity index (χ3n) is 4.76. The molecule has 0 aliphatic heterocycles. The van der Waals surface area contributed by atoms with Crippen LogP contribution in [-0.2, 0) is 14.8 Å². The predicted octanol–water partition coefficient (Wildman–Crippen LogP) is 5.27. The van der Waals surface area contributed by atoms with Gasteiger partial charge in [0.2, 0.25) is 0 Å². The van der Waals surface area contributed by atoms with Crippen LogP contribution in [0.15, 0.2) is 76.1 Å². The number of anilines is 2. The second kappa shape index (κ2) is 9.53. The number of sulfonamides is 1. The summed E-state index contributed by atoms with van der Waals surface area (Å²) in [6.07, 6.45) is -0.719. The number of nitrogens with one attached hydrogen (secondary N) is 2. The topological polar surface area (TPSA) is 84.5 Å². The van der Waals surface area contributed by atoms with Crippen LogP contribution in [0.4, 0.5) is 11.4 Å². The van der Waals surface area contributed by atoms with Crippen LogP contribution in [0.25, 0.3) is 0 Å². The molecule has 0 bridgehead atoms. The number of carbonyl (C=O) groups is 1. The molecule has 162 valence electrons. The second-order valence-corrected chi connectivity index (χ2v) is 9.68. The van der Waals surface area contributed by atoms with Gasteiger partial charge in [-0.1, -0.05) is 28.1 Å². The first-order valence-electron chi connectivity index (χ1n) is 9.58. The predicted molar refractivity (Wildman–Crippen MR) is 126 cm³/mol. The summed E-state index contributed by atoms with van der Waals surface area (Å²) >= 11 is 3.31. The van der Waals surface area contributed by atoms with Crippen LogP contribution >= 0.6 is 15.9 Å². The maximum atomic E-state index is 12.6. The van der Waals surface area contributed by atoms with Gasteiger partial charge in [-0.05, 0) is 86.5 Å². The van der Waals surface area contributed by atoms with Crippen molar-refractivity contribution in [1.82, 2.24) is 0 Å². The molecule has 0 aliphatic carbocycles. The van der Waals surface area contributed by atoms with Crippen molar-refractivity contribution in [2.24, 2.45) is 0 Å². The number of aryl methyl sites for hydroxylation is 1. The summed E-state index contributed by atoms with van der Waals surface area (Å²) in [6, 6.07) is 18.5. The minimum Gasteiger partial charge on any atom is -0.481 e. The Morgan fingerprint density at radius 1 is 0.935 bits per heavy atom. The van der Waals surface area contributed by atoms with E-state index in [0.29, 0.717) is 17.1 Å². The Morgan fingerprint density at radius 3 is 2.19 bits per heavy atom. The highest BCUT2D eigenvalue weighted by Crippen LogP contribution is 2.23. The lowest BCUT2D eigenvalue weighted by Gasteiger charge is -2.17. The summed E-state index contributed by atoms with van der Waals surface area (Å²) in [5.74, 6) is 0.326. The van der Waals surface area contributed by atoms with Gasteiger partial charge in [-0.3, -0.25) is 9.52 Å². The van der Waals surface area contributed by atoms with Crippen molar-refractivity contribution >= 4 is 43.2 Å². The van der Waals surface area contributed by atoms with Gasteiger partial charge in [-0.25, -0.2) is 8.42 Å². The largest absolute Gasteiger partial charge is 0.481 e. The second-order valence-electron chi connectivity index (χ2n) is 7.08. The average molecular weight is 503 g/mol. The Kier molecular flexibility index (Phi) is 7.02. The fraction of sp³-hybridized carbons (Fsp3) is 0.174. The number of hydrogen-bond donors (Lipinski definition) is 2. The maximum Gasteiger partial charge on any atom is 0.265 e. The summed E-state index contributed by atoms with van der Waals surface area (Å²) in [6.45, 7) is 5.59. The average Bonchev–Trinajstić information content (AvgIpc) is 2.73. The lowest BCUT2D eigenvalue weighted by Crippen LogP contribution is -2.30. The molecule has 0 fully saturated rings. The van der Waals surface area contributed by atoms with Crippen molar-refractivity contribution in [2.45, 2.75) is 31.8 Å². The molecule has 0 aliphatic rings. The van der Waals surface area contributed by atoms with Gasteiger partial charge in [0.1, 0.15) is 5.75 Å². The standard InChI is InChI=1S/C23H23BrN2O4S/c1-15-5-4-6-22(16(15)2)30-17(3)23(27)25-19-11-13-21(14-12-19)31(28,29)26-20-9-7-18(24)8-10-20/h4-14,17,26H,1-3H3,(H,25,27)/t17-/m0/s1. The van der Waals surface area contributed by atoms with Gasteiger partial charge >= 0.3 is 0 Å². The van der Waals surface area contributed by atoms with Crippen molar-refractivity contribution in [2.75, 3.05) is 10.0 Å². The van der Waals surface area contributed by atoms with E-state index in [1.807, 2.05) is 32.0 Å². The monoisotopic (exact) mass is 502 g/mol. The molecule has 0 aromatic heterocycles. The fourth-order valence-corrected chi connectivity index (χ4v) is 4.11. The summed E-state index contributed by atoms with van der Waals surface area (Å²) in [5.41, 5.74) is 3.00. The Hall–Kier alpha value is -2.84. The van der Waals surface area contributed by atoms with E-state index in [-0.39, 0.29) is 10.8 Å². The first kappa shape index (κ1) is 22.8. The van der Waals surface area contributed by atoms with E-state index in [1.165, 1.54) is 12.1 Å². The fourth-order valence-electron chi connectivity index (χ4n) is 2.79. The number of carbonyl (C=O) groups excluding carboxylic acids is 1. The number of benzene rings is 3. The summed E-state index contributed by atoms with van der Waals surface area (Å²) in [4.78, 5) is 12.6. The molecule has 0 saturated carbocycles. The number of ether oxygens (including phenoxy) is 1. The van der Waals surface area contributed by atoms with Crippen molar-refractivity contribution in [3.63, 3.8) is 0 Å². The minimum absolute atomic E-state index is 0.0908. The molecule has 2 N–H and O–H groups in total. The first-order valence-corrected chi connectivity index (χ1v) is 11.9. The molecule has 6 nitrogen and oxygen atoms in total. The minimum atomic E-state index is -3.74. The smallest absolute Gasteiger partial charge is 0.265 e. The van der Waals surface area contributed by atoms with Gasteiger partial charge in [-0.2, -0.15) is 0 Å². The molecule has 1 amide bonds. The maximum absolute atomic E-state index is 12.6. The lowest BCUT2D eigenvalue weighted by molar-refractivity contribution is -0.122. The molecule has 0 unspecified atom stereocenters. The molecule has 3 rings (SSSR count). The molecule has 3 aromatic carbocycles. The SMILES string of the molecule is Cc1cccc(O[C@@H](C)C(=O)Nc2ccc(S(=O)(=O)Nc3ccc(Br)cc3)cc2)c1C. The highest BCUT2D eigenvalue weighted by molar-refractivity contribution is 9.10. The van der Waals surface area contributed by atoms with Crippen molar-refractivity contribution in [3.8, 4) is 5.75 Å². The normalized spacial score (nSPS) is 12.1. The molecule has 3 aromatic rings. The number of amides is 1. The van der Waals surface area contributed by atoms with E-state index in [0.717, 1.165) is 15.6 Å². The van der Waals surface area contributed by atoms with E-state index < -0.39 is 16.1 Å². The summed E-state index contributed by atoms with van der Waals surface area (Å²) < 4.78 is 34.3. The number of hydrogen-bond acceptors (Lipinski definition) is 4. The van der Waals surface area contributed by atoms with Crippen molar-refractivity contribution < 1.29 is 17.9 Å². The molecule has 0 heterocycles. The molecule has 0 radical (unpaired) electrons. The molecule has 1 atom stereocenters. The van der Waals surface area contributed by atoms with Gasteiger partial charge < -0.3 is 10.1 Å². The van der Waals surface area contributed by atoms with Gasteiger partial charge in [0, 0.05) is 15.8 Å². The third kappa shape index (κ3) is 5.86. The summed E-state index contributed by atoms with van der Waals surface area (Å²) in [7, 11) is -3.74. The number of halogens is 1. The molecule has 8 heteroatoms. The van der Waals surface area contributed by atoms with Crippen molar-refractivity contribution in [1.29, 1.82) is 0 Å². The summed E-state index contributed by atoms with van der Waals surface area (Å²) in [5, 5.41) is 2.75. The Labute approximate surface area is 190 Å². The zero-order valence-corrected chi connectivity index (χ0v) is 19.7. The van der Waals surface area contributed by atoms with Crippen LogP contribution < -0.4 is 14.8 Å². The molecule has 31 heavy (non-hydrogen) atoms. The lowest BCUT2D eigenvalue weighted by atomic mass is 10.1. The van der Waals surface area contributed by atoms with Crippen LogP contribution in [0, 0.1) is 13.8 Å². The quantitative estimate of drug-likeness (QED) is 0.460. The van der Waals surface area contributed by atoms with Gasteiger partial charge in [-0.15, -0.1) is 0 Å². The van der Waals surface area contributed by atoms with Crippen LogP contribution in [0.2, 0.25) is 0 Å². The number of rotatable bonds is 7. The Balaban J connectivity index is 1.64. The van der Waals surface area contributed by atoms with E-state index >= 15 is 0 Å². The van der Waals surface area contributed by atoms with Gasteiger partial charge in [0.25, 0.3) is 15.9 Å². The van der Waals surface area contributed by atoms with E-state index in [4.69, 9.17) is 4.74 Å². The van der Waals surface area contributed by atoms with Crippen LogP contribution in [0.1, 0.15) is 18.1 Å². The highest BCUT2D eigenvalue weighted by Gasteiger charge is 2.18. The zero-order valence-electron chi connectivity index (χ0n) is 17.3. The molecule has 0 spiro atoms.